The van der Waals surface area contributed by atoms with Gasteiger partial charge in [-0.2, -0.15) is 0 Å². The Hall–Kier alpha value is -0.980. The molecule has 0 radical (unpaired) electrons. The monoisotopic (exact) mass is 426 g/mol. The normalized spacial score (nSPS) is 26.6. The van der Waals surface area contributed by atoms with Gasteiger partial charge in [0.25, 0.3) is 0 Å². The molecule has 0 aliphatic heterocycles. The van der Waals surface area contributed by atoms with Gasteiger partial charge in [0.1, 0.15) is 5.75 Å². The van der Waals surface area contributed by atoms with E-state index in [9.17, 15) is 0 Å². The smallest absolute Gasteiger partial charge is 0.119 e. The topological polar surface area (TPSA) is 9.23 Å². The van der Waals surface area contributed by atoms with Crippen LogP contribution < -0.4 is 4.74 Å². The van der Waals surface area contributed by atoms with Gasteiger partial charge in [0, 0.05) is 0 Å². The van der Waals surface area contributed by atoms with Crippen LogP contribution in [0.4, 0.5) is 0 Å². The van der Waals surface area contributed by atoms with Crippen LogP contribution in [0.1, 0.15) is 122 Å². The van der Waals surface area contributed by atoms with Gasteiger partial charge in [-0.25, -0.2) is 0 Å². The molecule has 0 amide bonds. The van der Waals surface area contributed by atoms with Crippen LogP contribution in [0.15, 0.2) is 24.3 Å². The molecular weight excluding hydrogens is 376 g/mol. The Kier molecular flexibility index (Phi) is 11.3. The average Bonchev–Trinajstić information content (AvgIpc) is 2.82. The lowest BCUT2D eigenvalue weighted by Gasteiger charge is -2.32. The van der Waals surface area contributed by atoms with E-state index >= 15 is 0 Å². The summed E-state index contributed by atoms with van der Waals surface area (Å²) in [6, 6.07) is 8.85. The van der Waals surface area contributed by atoms with Crippen LogP contribution in [0, 0.1) is 23.7 Å². The van der Waals surface area contributed by atoms with Crippen molar-refractivity contribution in [3.05, 3.63) is 29.8 Å². The molecule has 1 heteroatoms. The lowest BCUT2D eigenvalue weighted by Crippen LogP contribution is -2.18. The summed E-state index contributed by atoms with van der Waals surface area (Å²) >= 11 is 0. The van der Waals surface area contributed by atoms with Crippen molar-refractivity contribution in [1.82, 2.24) is 0 Å². The van der Waals surface area contributed by atoms with E-state index in [1.54, 1.807) is 0 Å². The van der Waals surface area contributed by atoms with Crippen LogP contribution in [0.25, 0.3) is 0 Å². The Morgan fingerprint density at radius 1 is 0.613 bits per heavy atom. The maximum Gasteiger partial charge on any atom is 0.119 e. The Morgan fingerprint density at radius 2 is 1.13 bits per heavy atom. The van der Waals surface area contributed by atoms with Crippen LogP contribution >= 0.6 is 0 Å². The molecule has 176 valence electrons. The quantitative estimate of drug-likeness (QED) is 0.285. The highest BCUT2D eigenvalue weighted by Crippen LogP contribution is 2.38. The third kappa shape index (κ3) is 9.19. The van der Waals surface area contributed by atoms with E-state index < -0.39 is 0 Å². The van der Waals surface area contributed by atoms with Crippen LogP contribution in [0.2, 0.25) is 0 Å². The Bertz CT molecular complexity index is 561. The number of aryl methyl sites for hydroxylation is 1. The summed E-state index contributed by atoms with van der Waals surface area (Å²) in [5.41, 5.74) is 1.48. The van der Waals surface area contributed by atoms with Gasteiger partial charge in [0.15, 0.2) is 0 Å². The lowest BCUT2D eigenvalue weighted by molar-refractivity contribution is 0.208. The Balaban J connectivity index is 1.24. The molecule has 0 atom stereocenters. The van der Waals surface area contributed by atoms with E-state index in [1.807, 2.05) is 0 Å². The molecule has 0 N–H and O–H groups in total. The van der Waals surface area contributed by atoms with Gasteiger partial charge in [0.2, 0.25) is 0 Å². The SMILES string of the molecule is CCCCCC1CCC(CCC2CCC(CCc3ccc(OCCC)cc3)CC2)CC1. The van der Waals surface area contributed by atoms with Crippen molar-refractivity contribution in [2.75, 3.05) is 6.61 Å². The molecule has 0 unspecified atom stereocenters. The van der Waals surface area contributed by atoms with Crippen LogP contribution in [-0.4, -0.2) is 6.61 Å². The zero-order chi connectivity index (χ0) is 21.7. The molecule has 2 saturated carbocycles. The summed E-state index contributed by atoms with van der Waals surface area (Å²) in [7, 11) is 0. The highest BCUT2D eigenvalue weighted by Gasteiger charge is 2.24. The van der Waals surface area contributed by atoms with E-state index in [0.29, 0.717) is 0 Å². The zero-order valence-corrected chi connectivity index (χ0v) is 20.8. The van der Waals surface area contributed by atoms with Gasteiger partial charge >= 0.3 is 0 Å². The summed E-state index contributed by atoms with van der Waals surface area (Å²) in [5, 5.41) is 0. The van der Waals surface area contributed by atoms with Crippen molar-refractivity contribution in [1.29, 1.82) is 0 Å². The highest BCUT2D eigenvalue weighted by atomic mass is 16.5. The molecule has 0 spiro atoms. The number of unbranched alkanes of at least 4 members (excludes halogenated alkanes) is 2. The largest absolute Gasteiger partial charge is 0.494 e. The molecule has 3 rings (SSSR count). The molecular formula is C30H50O. The Labute approximate surface area is 193 Å². The average molecular weight is 427 g/mol. The van der Waals surface area contributed by atoms with Crippen molar-refractivity contribution < 1.29 is 4.74 Å². The molecule has 0 heterocycles. The summed E-state index contributed by atoms with van der Waals surface area (Å²) < 4.78 is 5.71. The first-order valence-electron chi connectivity index (χ1n) is 14.0. The molecule has 0 saturated heterocycles. The number of benzene rings is 1. The Morgan fingerprint density at radius 3 is 1.65 bits per heavy atom. The minimum atomic E-state index is 0.822. The van der Waals surface area contributed by atoms with E-state index in [0.717, 1.165) is 42.4 Å². The van der Waals surface area contributed by atoms with Crippen molar-refractivity contribution in [3.8, 4) is 5.75 Å². The molecule has 2 fully saturated rings. The third-order valence-electron chi connectivity index (χ3n) is 8.37. The number of hydrogen-bond acceptors (Lipinski definition) is 1. The fourth-order valence-corrected chi connectivity index (χ4v) is 6.12. The summed E-state index contributed by atoms with van der Waals surface area (Å²) in [6.45, 7) is 5.31. The first-order chi connectivity index (χ1) is 15.3. The van der Waals surface area contributed by atoms with Crippen LogP contribution in [-0.2, 0) is 6.42 Å². The van der Waals surface area contributed by atoms with Crippen molar-refractivity contribution in [2.45, 2.75) is 123 Å². The fourth-order valence-electron chi connectivity index (χ4n) is 6.12. The van der Waals surface area contributed by atoms with Gasteiger partial charge in [-0.15, -0.1) is 0 Å². The molecule has 2 aliphatic rings. The summed E-state index contributed by atoms with van der Waals surface area (Å²) in [4.78, 5) is 0. The lowest BCUT2D eigenvalue weighted by atomic mass is 9.74. The molecule has 1 nitrogen and oxygen atoms in total. The second kappa shape index (κ2) is 14.2. The standard InChI is InChI=1S/C30H50O/c1-3-5-6-7-25-8-10-26(11-9-25)12-13-27-14-16-28(17-15-27)18-19-29-20-22-30(23-21-29)31-24-4-2/h20-23,25-28H,3-19,24H2,1-2H3. The summed E-state index contributed by atoms with van der Waals surface area (Å²) in [6.07, 6.45) is 24.7. The van der Waals surface area contributed by atoms with Gasteiger partial charge in [-0.3, -0.25) is 0 Å². The molecule has 2 aliphatic carbocycles. The molecule has 0 bridgehead atoms. The second-order valence-corrected chi connectivity index (χ2v) is 10.9. The minimum absolute atomic E-state index is 0.822. The fraction of sp³-hybridized carbons (Fsp3) is 0.800. The van der Waals surface area contributed by atoms with Crippen molar-refractivity contribution >= 4 is 0 Å². The molecule has 31 heavy (non-hydrogen) atoms. The van der Waals surface area contributed by atoms with E-state index in [2.05, 4.69) is 38.1 Å². The van der Waals surface area contributed by atoms with Crippen molar-refractivity contribution in [3.63, 3.8) is 0 Å². The molecule has 1 aromatic carbocycles. The van der Waals surface area contributed by atoms with Gasteiger partial charge < -0.3 is 4.74 Å². The number of hydrogen-bond donors (Lipinski definition) is 0. The van der Waals surface area contributed by atoms with Crippen molar-refractivity contribution in [2.24, 2.45) is 23.7 Å². The maximum absolute atomic E-state index is 5.71. The molecule has 1 aromatic rings. The van der Waals surface area contributed by atoms with Crippen LogP contribution in [0.5, 0.6) is 5.75 Å². The van der Waals surface area contributed by atoms with Gasteiger partial charge in [-0.1, -0.05) is 116 Å². The first-order valence-corrected chi connectivity index (χ1v) is 14.0. The van der Waals surface area contributed by atoms with Gasteiger partial charge in [-0.05, 0) is 60.6 Å². The van der Waals surface area contributed by atoms with E-state index in [1.165, 1.54) is 108 Å². The predicted molar refractivity (Wildman–Crippen MR) is 135 cm³/mol. The second-order valence-electron chi connectivity index (χ2n) is 10.9. The number of rotatable bonds is 13. The van der Waals surface area contributed by atoms with E-state index in [-0.39, 0.29) is 0 Å². The number of ether oxygens (including phenoxy) is 1. The minimum Gasteiger partial charge on any atom is -0.494 e. The maximum atomic E-state index is 5.71. The first kappa shape index (κ1) is 24.7. The van der Waals surface area contributed by atoms with Gasteiger partial charge in [0.05, 0.1) is 6.61 Å². The highest BCUT2D eigenvalue weighted by molar-refractivity contribution is 5.27. The summed E-state index contributed by atoms with van der Waals surface area (Å²) in [5.74, 6) is 5.15. The molecule has 0 aromatic heterocycles. The predicted octanol–water partition coefficient (Wildman–Crippen LogP) is 9.38. The van der Waals surface area contributed by atoms with Crippen LogP contribution in [0.3, 0.4) is 0 Å². The zero-order valence-electron chi connectivity index (χ0n) is 20.8. The van der Waals surface area contributed by atoms with E-state index in [4.69, 9.17) is 4.74 Å². The third-order valence-corrected chi connectivity index (χ3v) is 8.37.